The summed E-state index contributed by atoms with van der Waals surface area (Å²) in [5.74, 6) is 1.46. The molecule has 0 bridgehead atoms. The van der Waals surface area contributed by atoms with Gasteiger partial charge in [0.15, 0.2) is 18.1 Å². The Kier molecular flexibility index (Phi) is 7.11. The molecular weight excluding hydrogens is 368 g/mol. The van der Waals surface area contributed by atoms with Crippen molar-refractivity contribution in [2.45, 2.75) is 13.0 Å². The fraction of sp³-hybridized carbons (Fsp3) is 0.208. The first-order valence-electron chi connectivity index (χ1n) is 9.30. The van der Waals surface area contributed by atoms with Gasteiger partial charge in [-0.2, -0.15) is 0 Å². The van der Waals surface area contributed by atoms with E-state index in [1.54, 1.807) is 26.4 Å². The highest BCUT2D eigenvalue weighted by Gasteiger charge is 2.10. The summed E-state index contributed by atoms with van der Waals surface area (Å²) in [6.45, 7) is -0.0205. The minimum atomic E-state index is -0.436. The second-order valence-electron chi connectivity index (χ2n) is 6.41. The molecule has 0 aromatic heterocycles. The molecule has 150 valence electrons. The van der Waals surface area contributed by atoms with Gasteiger partial charge >= 0.3 is 5.97 Å². The SMILES string of the molecule is COc1ccc(COC(=O)COc2ccccc2Cc2ccccc2)cc1OC. The van der Waals surface area contributed by atoms with Gasteiger partial charge in [-0.25, -0.2) is 4.79 Å². The Morgan fingerprint density at radius 1 is 0.759 bits per heavy atom. The highest BCUT2D eigenvalue weighted by atomic mass is 16.6. The van der Waals surface area contributed by atoms with Crippen LogP contribution in [0.15, 0.2) is 72.8 Å². The van der Waals surface area contributed by atoms with Gasteiger partial charge in [0.25, 0.3) is 0 Å². The Morgan fingerprint density at radius 3 is 2.24 bits per heavy atom. The zero-order valence-electron chi connectivity index (χ0n) is 16.6. The topological polar surface area (TPSA) is 54.0 Å². The van der Waals surface area contributed by atoms with Gasteiger partial charge in [-0.3, -0.25) is 0 Å². The number of benzene rings is 3. The number of esters is 1. The van der Waals surface area contributed by atoms with Crippen LogP contribution in [-0.4, -0.2) is 26.8 Å². The summed E-state index contributed by atoms with van der Waals surface area (Å²) in [6, 6.07) is 23.2. The molecule has 0 aliphatic carbocycles. The smallest absolute Gasteiger partial charge is 0.344 e. The molecule has 0 heterocycles. The second kappa shape index (κ2) is 10.2. The number of ether oxygens (including phenoxy) is 4. The zero-order chi connectivity index (χ0) is 20.5. The Morgan fingerprint density at radius 2 is 1.48 bits per heavy atom. The highest BCUT2D eigenvalue weighted by molar-refractivity contribution is 5.71. The lowest BCUT2D eigenvalue weighted by Crippen LogP contribution is -2.15. The average Bonchev–Trinajstić information content (AvgIpc) is 2.77. The third-order valence-corrected chi connectivity index (χ3v) is 4.40. The predicted octanol–water partition coefficient (Wildman–Crippen LogP) is 4.42. The molecule has 29 heavy (non-hydrogen) atoms. The van der Waals surface area contributed by atoms with Crippen LogP contribution in [0.3, 0.4) is 0 Å². The van der Waals surface area contributed by atoms with E-state index in [-0.39, 0.29) is 13.2 Å². The van der Waals surface area contributed by atoms with Crippen molar-refractivity contribution in [3.05, 3.63) is 89.5 Å². The maximum atomic E-state index is 12.1. The van der Waals surface area contributed by atoms with Gasteiger partial charge in [0.05, 0.1) is 14.2 Å². The lowest BCUT2D eigenvalue weighted by atomic mass is 10.0. The van der Waals surface area contributed by atoms with Gasteiger partial charge in [0.1, 0.15) is 12.4 Å². The van der Waals surface area contributed by atoms with Crippen LogP contribution in [0, 0.1) is 0 Å². The molecule has 3 rings (SSSR count). The number of hydrogen-bond donors (Lipinski definition) is 0. The number of methoxy groups -OCH3 is 2. The van der Waals surface area contributed by atoms with Crippen molar-refractivity contribution in [3.8, 4) is 17.2 Å². The van der Waals surface area contributed by atoms with Crippen molar-refractivity contribution in [2.24, 2.45) is 0 Å². The third kappa shape index (κ3) is 5.75. The molecule has 0 spiro atoms. The lowest BCUT2D eigenvalue weighted by Gasteiger charge is -2.12. The normalized spacial score (nSPS) is 10.3. The molecule has 0 saturated heterocycles. The lowest BCUT2D eigenvalue weighted by molar-refractivity contribution is -0.147. The molecule has 3 aromatic rings. The van der Waals surface area contributed by atoms with E-state index in [0.29, 0.717) is 17.2 Å². The maximum Gasteiger partial charge on any atom is 0.344 e. The van der Waals surface area contributed by atoms with Gasteiger partial charge in [-0.05, 0) is 34.9 Å². The molecule has 0 fully saturated rings. The first-order valence-corrected chi connectivity index (χ1v) is 9.30. The summed E-state index contributed by atoms with van der Waals surface area (Å²) in [6.07, 6.45) is 0.734. The van der Waals surface area contributed by atoms with Crippen LogP contribution < -0.4 is 14.2 Å². The molecule has 0 aliphatic heterocycles. The average molecular weight is 392 g/mol. The first kappa shape index (κ1) is 20.3. The van der Waals surface area contributed by atoms with Crippen LogP contribution >= 0.6 is 0 Å². The molecule has 5 heteroatoms. The van der Waals surface area contributed by atoms with Gasteiger partial charge in [0, 0.05) is 6.42 Å². The van der Waals surface area contributed by atoms with Crippen molar-refractivity contribution >= 4 is 5.97 Å². The molecule has 0 amide bonds. The van der Waals surface area contributed by atoms with E-state index < -0.39 is 5.97 Å². The van der Waals surface area contributed by atoms with E-state index in [4.69, 9.17) is 18.9 Å². The van der Waals surface area contributed by atoms with Crippen molar-refractivity contribution < 1.29 is 23.7 Å². The van der Waals surface area contributed by atoms with Crippen LogP contribution in [0.1, 0.15) is 16.7 Å². The van der Waals surface area contributed by atoms with E-state index in [2.05, 4.69) is 12.1 Å². The predicted molar refractivity (Wildman–Crippen MR) is 111 cm³/mol. The fourth-order valence-corrected chi connectivity index (χ4v) is 2.92. The Balaban J connectivity index is 1.55. The molecule has 0 atom stereocenters. The summed E-state index contributed by atoms with van der Waals surface area (Å²) in [7, 11) is 3.14. The summed E-state index contributed by atoms with van der Waals surface area (Å²) < 4.78 is 21.5. The van der Waals surface area contributed by atoms with E-state index >= 15 is 0 Å². The number of carbonyl (C=O) groups excluding carboxylic acids is 1. The van der Waals surface area contributed by atoms with Crippen molar-refractivity contribution in [1.29, 1.82) is 0 Å². The molecule has 0 unspecified atom stereocenters. The molecule has 0 aliphatic rings. The molecule has 0 N–H and O–H groups in total. The van der Waals surface area contributed by atoms with Crippen LogP contribution in [-0.2, 0) is 22.6 Å². The Hall–Kier alpha value is -3.47. The van der Waals surface area contributed by atoms with Gasteiger partial charge in [-0.1, -0.05) is 54.6 Å². The zero-order valence-corrected chi connectivity index (χ0v) is 16.6. The number of rotatable bonds is 9. The monoisotopic (exact) mass is 392 g/mol. The van der Waals surface area contributed by atoms with E-state index in [9.17, 15) is 4.79 Å². The van der Waals surface area contributed by atoms with Crippen LogP contribution in [0.5, 0.6) is 17.2 Å². The Bertz CT molecular complexity index is 937. The minimum absolute atomic E-state index is 0.133. The molecule has 0 radical (unpaired) electrons. The van der Waals surface area contributed by atoms with Gasteiger partial charge in [-0.15, -0.1) is 0 Å². The van der Waals surface area contributed by atoms with Crippen molar-refractivity contribution in [2.75, 3.05) is 20.8 Å². The van der Waals surface area contributed by atoms with Crippen molar-refractivity contribution in [3.63, 3.8) is 0 Å². The highest BCUT2D eigenvalue weighted by Crippen LogP contribution is 2.28. The quantitative estimate of drug-likeness (QED) is 0.505. The fourth-order valence-electron chi connectivity index (χ4n) is 2.92. The Labute approximate surface area is 170 Å². The number of carbonyl (C=O) groups is 1. The maximum absolute atomic E-state index is 12.1. The molecule has 5 nitrogen and oxygen atoms in total. The van der Waals surface area contributed by atoms with E-state index in [1.807, 2.05) is 48.5 Å². The number of hydrogen-bond acceptors (Lipinski definition) is 5. The van der Waals surface area contributed by atoms with Gasteiger partial charge < -0.3 is 18.9 Å². The molecule has 0 saturated carbocycles. The summed E-state index contributed by atoms with van der Waals surface area (Å²) in [4.78, 5) is 12.1. The van der Waals surface area contributed by atoms with Crippen molar-refractivity contribution in [1.82, 2.24) is 0 Å². The van der Waals surface area contributed by atoms with Crippen LogP contribution in [0.25, 0.3) is 0 Å². The van der Waals surface area contributed by atoms with E-state index in [0.717, 1.165) is 17.5 Å². The second-order valence-corrected chi connectivity index (χ2v) is 6.41. The minimum Gasteiger partial charge on any atom is -0.493 e. The van der Waals surface area contributed by atoms with Gasteiger partial charge in [0.2, 0.25) is 0 Å². The largest absolute Gasteiger partial charge is 0.493 e. The van der Waals surface area contributed by atoms with E-state index in [1.165, 1.54) is 5.56 Å². The molecular formula is C24H24O5. The first-order chi connectivity index (χ1) is 14.2. The standard InChI is InChI=1S/C24H24O5/c1-26-22-13-12-19(15-23(22)27-2)16-29-24(25)17-28-21-11-7-6-10-20(21)14-18-8-4-3-5-9-18/h3-13,15H,14,16-17H2,1-2H3. The summed E-state index contributed by atoms with van der Waals surface area (Å²) >= 11 is 0. The third-order valence-electron chi connectivity index (χ3n) is 4.40. The van der Waals surface area contributed by atoms with Crippen LogP contribution in [0.2, 0.25) is 0 Å². The molecule has 3 aromatic carbocycles. The summed E-state index contributed by atoms with van der Waals surface area (Å²) in [5, 5.41) is 0. The summed E-state index contributed by atoms with van der Waals surface area (Å²) in [5.41, 5.74) is 3.01. The van der Waals surface area contributed by atoms with Crippen LogP contribution in [0.4, 0.5) is 0 Å². The number of para-hydroxylation sites is 1.